The van der Waals surface area contributed by atoms with Crippen molar-refractivity contribution in [3.63, 3.8) is 0 Å². The Bertz CT molecular complexity index is 1130. The second kappa shape index (κ2) is 8.75. The summed E-state index contributed by atoms with van der Waals surface area (Å²) < 4.78 is 34.4. The first-order chi connectivity index (χ1) is 14.5. The molecule has 0 unspecified atom stereocenters. The normalized spacial score (nSPS) is 16.0. The molecule has 3 aromatic rings. The van der Waals surface area contributed by atoms with Crippen LogP contribution >= 0.6 is 11.3 Å². The zero-order chi connectivity index (χ0) is 21.1. The first kappa shape index (κ1) is 20.8. The van der Waals surface area contributed by atoms with Gasteiger partial charge in [0.05, 0.1) is 11.5 Å². The third-order valence-electron chi connectivity index (χ3n) is 5.29. The van der Waals surface area contributed by atoms with E-state index in [1.807, 2.05) is 24.4 Å². The van der Waals surface area contributed by atoms with Crippen LogP contribution in [0.3, 0.4) is 0 Å². The van der Waals surface area contributed by atoms with Gasteiger partial charge in [0, 0.05) is 19.5 Å². The molecule has 0 spiro atoms. The summed E-state index contributed by atoms with van der Waals surface area (Å²) in [5, 5.41) is 9.48. The maximum atomic E-state index is 13.0. The molecule has 30 heavy (non-hydrogen) atoms. The molecule has 0 aliphatic carbocycles. The molecule has 8 nitrogen and oxygen atoms in total. The maximum Gasteiger partial charge on any atom is 0.348 e. The molecular weight excluding hydrogens is 424 g/mol. The summed E-state index contributed by atoms with van der Waals surface area (Å²) >= 11 is 1.48. The first-order valence-electron chi connectivity index (χ1n) is 9.92. The largest absolute Gasteiger partial charge is 0.494 e. The molecule has 1 aromatic carbocycles. The Labute approximate surface area is 179 Å². The summed E-state index contributed by atoms with van der Waals surface area (Å²) in [4.78, 5) is 12.4. The van der Waals surface area contributed by atoms with Crippen LogP contribution in [0.15, 0.2) is 51.5 Å². The summed E-state index contributed by atoms with van der Waals surface area (Å²) in [6, 6.07) is 10.3. The lowest BCUT2D eigenvalue weighted by Crippen LogP contribution is -2.39. The summed E-state index contributed by atoms with van der Waals surface area (Å²) in [5.41, 5.74) is -0.247. The lowest BCUT2D eigenvalue weighted by molar-refractivity contribution is 0.270. The minimum Gasteiger partial charge on any atom is -0.494 e. The SMILES string of the molecule is CCOc1ccc(S(=O)(=O)N2CCC(Cc3n[nH]c(=O)n3-c3cccs3)CC2)cc1. The number of rotatable bonds is 7. The number of thiophene rings is 1. The van der Waals surface area contributed by atoms with Gasteiger partial charge in [-0.05, 0) is 67.5 Å². The second-order valence-corrected chi connectivity index (χ2v) is 10.1. The molecule has 0 amide bonds. The number of nitrogens with zero attached hydrogens (tertiary/aromatic N) is 3. The molecule has 1 fully saturated rings. The molecule has 0 radical (unpaired) electrons. The third kappa shape index (κ3) is 4.21. The Kier molecular flexibility index (Phi) is 6.07. The fraction of sp³-hybridized carbons (Fsp3) is 0.400. The van der Waals surface area contributed by atoms with E-state index in [0.717, 1.165) is 17.8 Å². The number of aromatic nitrogens is 3. The van der Waals surface area contributed by atoms with E-state index in [1.165, 1.54) is 15.6 Å². The van der Waals surface area contributed by atoms with E-state index in [0.29, 0.717) is 37.7 Å². The molecule has 0 saturated carbocycles. The summed E-state index contributed by atoms with van der Waals surface area (Å²) in [5.74, 6) is 1.62. The number of ether oxygens (including phenoxy) is 1. The van der Waals surface area contributed by atoms with Crippen LogP contribution in [0.25, 0.3) is 5.00 Å². The molecule has 2 aromatic heterocycles. The number of hydrogen-bond acceptors (Lipinski definition) is 6. The van der Waals surface area contributed by atoms with Gasteiger partial charge in [0.2, 0.25) is 10.0 Å². The zero-order valence-electron chi connectivity index (χ0n) is 16.7. The molecule has 3 heterocycles. The van der Waals surface area contributed by atoms with Crippen molar-refractivity contribution in [3.8, 4) is 10.8 Å². The van der Waals surface area contributed by atoms with Crippen molar-refractivity contribution in [2.24, 2.45) is 5.92 Å². The van der Waals surface area contributed by atoms with E-state index in [-0.39, 0.29) is 16.5 Å². The van der Waals surface area contributed by atoms with E-state index in [9.17, 15) is 13.2 Å². The van der Waals surface area contributed by atoms with Crippen molar-refractivity contribution < 1.29 is 13.2 Å². The quantitative estimate of drug-likeness (QED) is 0.599. The van der Waals surface area contributed by atoms with Crippen LogP contribution in [0.2, 0.25) is 0 Å². The molecule has 1 aliphatic heterocycles. The standard InChI is InChI=1S/C20H24N4O4S2/c1-2-28-16-5-7-17(8-6-16)30(26,27)23-11-9-15(10-12-23)14-18-21-22-20(25)24(18)19-4-3-13-29-19/h3-8,13,15H,2,9-12,14H2,1H3,(H,22,25). The van der Waals surface area contributed by atoms with E-state index in [1.54, 1.807) is 28.8 Å². The van der Waals surface area contributed by atoms with Crippen molar-refractivity contribution in [1.29, 1.82) is 0 Å². The molecular formula is C20H24N4O4S2. The molecule has 0 atom stereocenters. The highest BCUT2D eigenvalue weighted by Gasteiger charge is 2.30. The summed E-state index contributed by atoms with van der Waals surface area (Å²) in [7, 11) is -3.53. The fourth-order valence-corrected chi connectivity index (χ4v) is 5.94. The predicted octanol–water partition coefficient (Wildman–Crippen LogP) is 2.66. The average molecular weight is 449 g/mol. The van der Waals surface area contributed by atoms with E-state index >= 15 is 0 Å². The van der Waals surface area contributed by atoms with E-state index < -0.39 is 10.0 Å². The number of aromatic amines is 1. The van der Waals surface area contributed by atoms with Gasteiger partial charge in [-0.3, -0.25) is 0 Å². The number of piperidine rings is 1. The average Bonchev–Trinajstić information content (AvgIpc) is 3.39. The molecule has 10 heteroatoms. The zero-order valence-corrected chi connectivity index (χ0v) is 18.3. The van der Waals surface area contributed by atoms with Crippen molar-refractivity contribution in [2.45, 2.75) is 31.1 Å². The fourth-order valence-electron chi connectivity index (χ4n) is 3.73. The number of benzene rings is 1. The molecule has 0 bridgehead atoms. The molecule has 4 rings (SSSR count). The van der Waals surface area contributed by atoms with Crippen LogP contribution in [0.4, 0.5) is 0 Å². The van der Waals surface area contributed by atoms with Gasteiger partial charge in [-0.15, -0.1) is 11.3 Å². The Morgan fingerprint density at radius 1 is 1.20 bits per heavy atom. The highest BCUT2D eigenvalue weighted by Crippen LogP contribution is 2.27. The number of sulfonamides is 1. The number of H-pyrrole nitrogens is 1. The van der Waals surface area contributed by atoms with Gasteiger partial charge < -0.3 is 4.74 Å². The van der Waals surface area contributed by atoms with Gasteiger partial charge in [0.25, 0.3) is 0 Å². The van der Waals surface area contributed by atoms with Crippen LogP contribution < -0.4 is 10.4 Å². The van der Waals surface area contributed by atoms with Gasteiger partial charge in [-0.25, -0.2) is 22.9 Å². The maximum absolute atomic E-state index is 13.0. The highest BCUT2D eigenvalue weighted by molar-refractivity contribution is 7.89. The highest BCUT2D eigenvalue weighted by atomic mass is 32.2. The number of nitrogens with one attached hydrogen (secondary N) is 1. The van der Waals surface area contributed by atoms with Crippen LogP contribution in [0.5, 0.6) is 5.75 Å². The first-order valence-corrected chi connectivity index (χ1v) is 12.2. The van der Waals surface area contributed by atoms with Crippen LogP contribution in [0.1, 0.15) is 25.6 Å². The molecule has 160 valence electrons. The molecule has 1 aliphatic rings. The smallest absolute Gasteiger partial charge is 0.348 e. The predicted molar refractivity (Wildman–Crippen MR) is 115 cm³/mol. The van der Waals surface area contributed by atoms with Crippen molar-refractivity contribution in [2.75, 3.05) is 19.7 Å². The monoisotopic (exact) mass is 448 g/mol. The van der Waals surface area contributed by atoms with Gasteiger partial charge in [-0.1, -0.05) is 0 Å². The lowest BCUT2D eigenvalue weighted by atomic mass is 9.94. The van der Waals surface area contributed by atoms with Gasteiger partial charge >= 0.3 is 5.69 Å². The van der Waals surface area contributed by atoms with Crippen molar-refractivity contribution >= 4 is 21.4 Å². The van der Waals surface area contributed by atoms with Gasteiger partial charge in [0.1, 0.15) is 16.6 Å². The van der Waals surface area contributed by atoms with Crippen molar-refractivity contribution in [1.82, 2.24) is 19.1 Å². The summed E-state index contributed by atoms with van der Waals surface area (Å²) in [6.45, 7) is 3.33. The number of hydrogen-bond donors (Lipinski definition) is 1. The Balaban J connectivity index is 1.41. The Morgan fingerprint density at radius 3 is 2.57 bits per heavy atom. The van der Waals surface area contributed by atoms with Gasteiger partial charge in [-0.2, -0.15) is 9.40 Å². The van der Waals surface area contributed by atoms with Crippen LogP contribution in [0, 0.1) is 5.92 Å². The lowest BCUT2D eigenvalue weighted by Gasteiger charge is -2.31. The van der Waals surface area contributed by atoms with Crippen LogP contribution in [-0.2, 0) is 16.4 Å². The second-order valence-electron chi connectivity index (χ2n) is 7.19. The minimum atomic E-state index is -3.53. The van der Waals surface area contributed by atoms with Crippen LogP contribution in [-0.4, -0.2) is 47.2 Å². The van der Waals surface area contributed by atoms with Crippen molar-refractivity contribution in [3.05, 3.63) is 58.1 Å². The molecule has 1 N–H and O–H groups in total. The Morgan fingerprint density at radius 2 is 1.93 bits per heavy atom. The molecule has 1 saturated heterocycles. The summed E-state index contributed by atoms with van der Waals surface area (Å²) in [6.07, 6.45) is 2.08. The van der Waals surface area contributed by atoms with E-state index in [2.05, 4.69) is 10.2 Å². The minimum absolute atomic E-state index is 0.247. The third-order valence-corrected chi connectivity index (χ3v) is 8.05. The Hall–Kier alpha value is -2.43. The topological polar surface area (TPSA) is 97.3 Å². The van der Waals surface area contributed by atoms with E-state index in [4.69, 9.17) is 4.74 Å². The van der Waals surface area contributed by atoms with Gasteiger partial charge in [0.15, 0.2) is 0 Å².